The standard InChI is InChI=1S/C6H4N2O5.2C6H6N2O2.Al.H3N/c9-6-2-1-4(7(10)11)3-5(6)8(12)13;2*9-7-8(10)6-4-2-1-3-5-6;;/h1-3,9H;2*1-5,9H;;1H3/q;;;+3;. The van der Waals surface area contributed by atoms with Crippen molar-refractivity contribution < 1.29 is 35.1 Å². The molecule has 0 fully saturated rings. The van der Waals surface area contributed by atoms with E-state index in [2.05, 4.69) is 10.6 Å². The SMILES string of the molecule is N.O=[N+]([O-])c1ccc(O)c([N+](=O)[O-])c1.[Al+3].[O-][N+](=NO)c1ccccc1.[O-][N+](=NO)c1ccccc1. The van der Waals surface area contributed by atoms with Gasteiger partial charge in [-0.3, -0.25) is 20.2 Å². The third-order valence-electron chi connectivity index (χ3n) is 3.48. The van der Waals surface area contributed by atoms with Crippen LogP contribution in [0, 0.1) is 30.6 Å². The number of hydrogen-bond acceptors (Lipinski definition) is 10. The maximum Gasteiger partial charge on any atom is 3.00 e. The minimum absolute atomic E-state index is 0. The first-order valence-corrected chi connectivity index (χ1v) is 8.57. The molecule has 0 unspecified atom stereocenters. The summed E-state index contributed by atoms with van der Waals surface area (Å²) in [5, 5.41) is 71.3. The Morgan fingerprint density at radius 3 is 1.34 bits per heavy atom. The predicted molar refractivity (Wildman–Crippen MR) is 120 cm³/mol. The largest absolute Gasteiger partial charge is 3.00 e. The fraction of sp³-hybridized carbons (Fsp3) is 0. The van der Waals surface area contributed by atoms with Crippen molar-refractivity contribution in [3.8, 4) is 5.75 Å². The molecule has 0 bridgehead atoms. The molecule has 0 heterocycles. The van der Waals surface area contributed by atoms with E-state index in [4.69, 9.17) is 15.5 Å². The first-order chi connectivity index (χ1) is 15.7. The monoisotopic (exact) mass is 504 g/mol. The van der Waals surface area contributed by atoms with E-state index >= 15 is 0 Å². The summed E-state index contributed by atoms with van der Waals surface area (Å²) in [6.07, 6.45) is 0. The zero-order valence-electron chi connectivity index (χ0n) is 17.8. The quantitative estimate of drug-likeness (QED) is 0.128. The molecule has 0 saturated carbocycles. The molecule has 17 heteroatoms. The number of nitrogens with zero attached hydrogens (tertiary/aromatic N) is 6. The van der Waals surface area contributed by atoms with E-state index in [1.54, 1.807) is 60.7 Å². The molecular formula is C18H19AlN7O9+3. The maximum atomic E-state index is 10.5. The summed E-state index contributed by atoms with van der Waals surface area (Å²) in [5.74, 6) is -0.587. The van der Waals surface area contributed by atoms with Gasteiger partial charge in [0.15, 0.2) is 5.75 Å². The molecule has 3 rings (SSSR count). The Hall–Kier alpha value is -4.85. The van der Waals surface area contributed by atoms with Crippen molar-refractivity contribution in [1.29, 1.82) is 0 Å². The van der Waals surface area contributed by atoms with Gasteiger partial charge >= 0.3 is 23.0 Å². The Morgan fingerprint density at radius 2 is 1.03 bits per heavy atom. The van der Waals surface area contributed by atoms with Crippen LogP contribution in [-0.2, 0) is 0 Å². The van der Waals surface area contributed by atoms with Gasteiger partial charge in [0.2, 0.25) is 21.9 Å². The number of phenols is 1. The molecule has 0 amide bonds. The van der Waals surface area contributed by atoms with Crippen LogP contribution in [0.15, 0.2) is 89.4 Å². The Kier molecular flexibility index (Phi) is 15.5. The summed E-state index contributed by atoms with van der Waals surface area (Å²) in [4.78, 5) is 19.0. The molecule has 0 saturated heterocycles. The van der Waals surface area contributed by atoms with E-state index < -0.39 is 27.0 Å². The first kappa shape index (κ1) is 32.3. The van der Waals surface area contributed by atoms with Gasteiger partial charge in [0, 0.05) is 30.3 Å². The van der Waals surface area contributed by atoms with Gasteiger partial charge in [0.05, 0.1) is 15.9 Å². The number of nitro benzene ring substituents is 2. The van der Waals surface area contributed by atoms with E-state index in [1.165, 1.54) is 0 Å². The molecule has 0 aromatic heterocycles. The Morgan fingerprint density at radius 1 is 0.629 bits per heavy atom. The molecule has 0 atom stereocenters. The number of hydrogen-bond donors (Lipinski definition) is 4. The zero-order valence-corrected chi connectivity index (χ0v) is 18.9. The molecule has 0 aliphatic heterocycles. The summed E-state index contributed by atoms with van der Waals surface area (Å²) in [7, 11) is 0. The van der Waals surface area contributed by atoms with E-state index in [1.807, 2.05) is 0 Å². The average molecular weight is 504 g/mol. The Labute approximate surface area is 207 Å². The number of phenolic OH excluding ortho intramolecular Hbond substituents is 1. The number of nitro groups is 2. The average Bonchev–Trinajstić information content (AvgIpc) is 2.84. The number of non-ortho nitro benzene ring substituents is 1. The molecule has 0 spiro atoms. The Bertz CT molecular complexity index is 1080. The van der Waals surface area contributed by atoms with Gasteiger partial charge in [-0.05, 0) is 15.8 Å². The second-order valence-corrected chi connectivity index (χ2v) is 5.58. The predicted octanol–water partition coefficient (Wildman–Crippen LogP) is 4.33. The number of para-hydroxylation sites is 2. The second-order valence-electron chi connectivity index (χ2n) is 5.58. The van der Waals surface area contributed by atoms with Crippen LogP contribution >= 0.6 is 0 Å². The van der Waals surface area contributed by atoms with E-state index in [-0.39, 0.29) is 33.2 Å². The van der Waals surface area contributed by atoms with Crippen LogP contribution in [0.4, 0.5) is 22.7 Å². The smallest absolute Gasteiger partial charge is 0.592 e. The van der Waals surface area contributed by atoms with Crippen molar-refractivity contribution in [2.75, 3.05) is 0 Å². The van der Waals surface area contributed by atoms with Gasteiger partial charge < -0.3 is 32.1 Å². The summed E-state index contributed by atoms with van der Waals surface area (Å²) in [6.45, 7) is 0. The Balaban J connectivity index is 0. The van der Waals surface area contributed by atoms with Gasteiger partial charge in [-0.1, -0.05) is 36.4 Å². The van der Waals surface area contributed by atoms with Gasteiger partial charge in [-0.25, -0.2) is 0 Å². The molecule has 35 heavy (non-hydrogen) atoms. The zero-order chi connectivity index (χ0) is 24.8. The van der Waals surface area contributed by atoms with Gasteiger partial charge in [0.1, 0.15) is 0 Å². The van der Waals surface area contributed by atoms with Crippen LogP contribution in [0.3, 0.4) is 0 Å². The van der Waals surface area contributed by atoms with E-state index in [9.17, 15) is 30.6 Å². The van der Waals surface area contributed by atoms with E-state index in [0.29, 0.717) is 17.4 Å². The maximum absolute atomic E-state index is 10.5. The topological polar surface area (TPSA) is 259 Å². The molecule has 16 nitrogen and oxygen atoms in total. The minimum Gasteiger partial charge on any atom is -0.592 e. The molecule has 0 aliphatic rings. The van der Waals surface area contributed by atoms with Crippen LogP contribution in [0.2, 0.25) is 0 Å². The third kappa shape index (κ3) is 11.0. The fourth-order valence-electron chi connectivity index (χ4n) is 1.99. The summed E-state index contributed by atoms with van der Waals surface area (Å²) >= 11 is 0. The molecule has 0 radical (unpaired) electrons. The number of rotatable bonds is 4. The van der Waals surface area contributed by atoms with Crippen molar-refractivity contribution in [3.63, 3.8) is 0 Å². The van der Waals surface area contributed by atoms with Crippen molar-refractivity contribution in [3.05, 3.63) is 110 Å². The van der Waals surface area contributed by atoms with Crippen LogP contribution in [0.1, 0.15) is 0 Å². The normalized spacial score (nSPS) is 10.1. The molecular weight excluding hydrogens is 485 g/mol. The molecule has 6 N–H and O–H groups in total. The van der Waals surface area contributed by atoms with Crippen LogP contribution < -0.4 is 6.15 Å². The van der Waals surface area contributed by atoms with Crippen molar-refractivity contribution >= 4 is 40.1 Å². The van der Waals surface area contributed by atoms with Gasteiger partial charge in [0.25, 0.3) is 5.69 Å². The van der Waals surface area contributed by atoms with Gasteiger partial charge in [-0.15, -0.1) is 0 Å². The fourth-order valence-corrected chi connectivity index (χ4v) is 1.99. The number of aromatic hydroxyl groups is 1. The van der Waals surface area contributed by atoms with Crippen LogP contribution in [0.5, 0.6) is 5.75 Å². The summed E-state index contributed by atoms with van der Waals surface area (Å²) < 4.78 is 0. The summed E-state index contributed by atoms with van der Waals surface area (Å²) in [6, 6.07) is 19.1. The molecule has 0 aliphatic carbocycles. The van der Waals surface area contributed by atoms with Crippen LogP contribution in [0.25, 0.3) is 0 Å². The molecule has 3 aromatic rings. The minimum atomic E-state index is -0.887. The van der Waals surface area contributed by atoms with Gasteiger partial charge in [-0.2, -0.15) is 0 Å². The van der Waals surface area contributed by atoms with Crippen LogP contribution in [-0.4, -0.2) is 52.5 Å². The number of benzene rings is 3. The molecule has 3 aromatic carbocycles. The molecule has 180 valence electrons. The summed E-state index contributed by atoms with van der Waals surface area (Å²) in [5.41, 5.74) is -0.478. The van der Waals surface area contributed by atoms with Crippen molar-refractivity contribution in [2.24, 2.45) is 10.6 Å². The van der Waals surface area contributed by atoms with Crippen molar-refractivity contribution in [2.45, 2.75) is 0 Å². The van der Waals surface area contributed by atoms with Crippen molar-refractivity contribution in [1.82, 2.24) is 6.15 Å². The van der Waals surface area contributed by atoms with E-state index in [0.717, 1.165) is 12.1 Å². The first-order valence-electron chi connectivity index (χ1n) is 8.57. The second kappa shape index (κ2) is 16.7. The third-order valence-corrected chi connectivity index (χ3v) is 3.48.